The molecule has 0 bridgehead atoms. The van der Waals surface area contributed by atoms with Crippen molar-refractivity contribution in [2.24, 2.45) is 5.92 Å². The first-order valence-corrected chi connectivity index (χ1v) is 8.30. The van der Waals surface area contributed by atoms with Gasteiger partial charge in [-0.05, 0) is 43.4 Å². The van der Waals surface area contributed by atoms with Crippen LogP contribution in [-0.2, 0) is 9.59 Å². The highest BCUT2D eigenvalue weighted by molar-refractivity contribution is 5.85. The number of carbonyl (C=O) groups is 2. The molecule has 2 fully saturated rings. The first-order chi connectivity index (χ1) is 11.1. The van der Waals surface area contributed by atoms with Gasteiger partial charge in [0.05, 0.1) is 19.1 Å². The van der Waals surface area contributed by atoms with Crippen LogP contribution in [0.2, 0.25) is 0 Å². The highest BCUT2D eigenvalue weighted by atomic mass is 16.5. The molecule has 1 saturated heterocycles. The van der Waals surface area contributed by atoms with Crippen molar-refractivity contribution >= 4 is 11.8 Å². The number of nitrogens with zero attached hydrogens (tertiary/aromatic N) is 1. The second kappa shape index (κ2) is 6.60. The molecule has 23 heavy (non-hydrogen) atoms. The summed E-state index contributed by atoms with van der Waals surface area (Å²) in [6, 6.07) is 7.76. The minimum Gasteiger partial charge on any atom is -0.497 e. The predicted octanol–water partition coefficient (Wildman–Crippen LogP) is 2.27. The van der Waals surface area contributed by atoms with Crippen LogP contribution in [-0.4, -0.2) is 36.9 Å². The SMILES string of the molecule is COc1ccc([C@H]2[C@H](C(=O)NC3CCC3)CCC(=O)N2C)cc1. The lowest BCUT2D eigenvalue weighted by atomic mass is 9.83. The summed E-state index contributed by atoms with van der Waals surface area (Å²) in [5, 5.41) is 3.14. The second-order valence-electron chi connectivity index (χ2n) is 6.50. The van der Waals surface area contributed by atoms with E-state index < -0.39 is 0 Å². The third kappa shape index (κ3) is 3.19. The Bertz CT molecular complexity index is 580. The van der Waals surface area contributed by atoms with Gasteiger partial charge in [-0.15, -0.1) is 0 Å². The van der Waals surface area contributed by atoms with Crippen LogP contribution in [0.15, 0.2) is 24.3 Å². The third-order valence-electron chi connectivity index (χ3n) is 5.11. The van der Waals surface area contributed by atoms with Gasteiger partial charge in [0.1, 0.15) is 5.75 Å². The number of piperidine rings is 1. The number of hydrogen-bond acceptors (Lipinski definition) is 3. The monoisotopic (exact) mass is 316 g/mol. The minimum atomic E-state index is -0.206. The molecule has 1 aliphatic carbocycles. The molecule has 124 valence electrons. The fourth-order valence-corrected chi connectivity index (χ4v) is 3.43. The third-order valence-corrected chi connectivity index (χ3v) is 5.11. The van der Waals surface area contributed by atoms with Crippen LogP contribution in [0.1, 0.15) is 43.7 Å². The molecule has 2 amide bonds. The van der Waals surface area contributed by atoms with E-state index in [2.05, 4.69) is 5.32 Å². The lowest BCUT2D eigenvalue weighted by molar-refractivity contribution is -0.142. The van der Waals surface area contributed by atoms with Crippen LogP contribution in [0.3, 0.4) is 0 Å². The Kier molecular flexibility index (Phi) is 4.55. The van der Waals surface area contributed by atoms with Crippen LogP contribution >= 0.6 is 0 Å². The lowest BCUT2D eigenvalue weighted by Crippen LogP contribution is -2.49. The molecule has 1 heterocycles. The van der Waals surface area contributed by atoms with Gasteiger partial charge in [0.15, 0.2) is 0 Å². The minimum absolute atomic E-state index is 0.0786. The summed E-state index contributed by atoms with van der Waals surface area (Å²) in [5.74, 6) is 0.758. The molecule has 2 atom stereocenters. The van der Waals surface area contributed by atoms with Gasteiger partial charge in [0, 0.05) is 19.5 Å². The van der Waals surface area contributed by atoms with Crippen LogP contribution in [0, 0.1) is 5.92 Å². The van der Waals surface area contributed by atoms with Gasteiger partial charge in [-0.25, -0.2) is 0 Å². The van der Waals surface area contributed by atoms with Gasteiger partial charge in [-0.2, -0.15) is 0 Å². The van der Waals surface area contributed by atoms with E-state index >= 15 is 0 Å². The summed E-state index contributed by atoms with van der Waals surface area (Å²) in [5.41, 5.74) is 0.982. The number of nitrogens with one attached hydrogen (secondary N) is 1. The molecule has 0 aromatic heterocycles. The summed E-state index contributed by atoms with van der Waals surface area (Å²) < 4.78 is 5.19. The van der Waals surface area contributed by atoms with Crippen molar-refractivity contribution in [1.29, 1.82) is 0 Å². The van der Waals surface area contributed by atoms with Crippen molar-refractivity contribution in [3.8, 4) is 5.75 Å². The maximum Gasteiger partial charge on any atom is 0.225 e. The Morgan fingerprint density at radius 3 is 2.48 bits per heavy atom. The fourth-order valence-electron chi connectivity index (χ4n) is 3.43. The van der Waals surface area contributed by atoms with Crippen molar-refractivity contribution in [2.45, 2.75) is 44.2 Å². The first kappa shape index (κ1) is 15.8. The Morgan fingerprint density at radius 1 is 1.22 bits per heavy atom. The number of hydrogen-bond donors (Lipinski definition) is 1. The van der Waals surface area contributed by atoms with Crippen molar-refractivity contribution in [2.75, 3.05) is 14.2 Å². The normalized spacial score (nSPS) is 25.0. The summed E-state index contributed by atoms with van der Waals surface area (Å²) in [6.07, 6.45) is 4.38. The number of amides is 2. The number of ether oxygens (including phenoxy) is 1. The average Bonchev–Trinajstić information content (AvgIpc) is 2.53. The van der Waals surface area contributed by atoms with Crippen molar-refractivity contribution in [3.63, 3.8) is 0 Å². The van der Waals surface area contributed by atoms with E-state index in [0.717, 1.165) is 24.2 Å². The highest BCUT2D eigenvalue weighted by Crippen LogP contribution is 2.37. The zero-order valence-corrected chi connectivity index (χ0v) is 13.7. The van der Waals surface area contributed by atoms with Gasteiger partial charge >= 0.3 is 0 Å². The Labute approximate surface area is 137 Å². The molecule has 1 aliphatic heterocycles. The average molecular weight is 316 g/mol. The number of rotatable bonds is 4. The van der Waals surface area contributed by atoms with Crippen molar-refractivity contribution in [3.05, 3.63) is 29.8 Å². The molecule has 0 radical (unpaired) electrons. The van der Waals surface area contributed by atoms with Gasteiger partial charge in [0.25, 0.3) is 0 Å². The Hall–Kier alpha value is -2.04. The molecule has 1 aromatic rings. The number of methoxy groups -OCH3 is 1. The molecule has 5 nitrogen and oxygen atoms in total. The molecule has 3 rings (SSSR count). The van der Waals surface area contributed by atoms with E-state index in [-0.39, 0.29) is 23.8 Å². The number of carbonyl (C=O) groups excluding carboxylic acids is 2. The summed E-state index contributed by atoms with van der Waals surface area (Å²) >= 11 is 0. The molecule has 0 spiro atoms. The van der Waals surface area contributed by atoms with E-state index in [1.165, 1.54) is 6.42 Å². The van der Waals surface area contributed by atoms with Crippen LogP contribution in [0.5, 0.6) is 5.75 Å². The standard InChI is InChI=1S/C18H24N2O3/c1-20-16(21)11-10-15(18(22)19-13-4-3-5-13)17(20)12-6-8-14(23-2)9-7-12/h6-9,13,15,17H,3-5,10-11H2,1-2H3,(H,19,22)/t15-,17+/m1/s1. The first-order valence-electron chi connectivity index (χ1n) is 8.30. The van der Waals surface area contributed by atoms with E-state index in [1.54, 1.807) is 19.1 Å². The molecule has 2 aliphatic rings. The van der Waals surface area contributed by atoms with Gasteiger partial charge in [-0.3, -0.25) is 9.59 Å². The largest absolute Gasteiger partial charge is 0.497 e. The quantitative estimate of drug-likeness (QED) is 0.927. The molecular weight excluding hydrogens is 292 g/mol. The number of likely N-dealkylation sites (tertiary alicyclic amines) is 1. The lowest BCUT2D eigenvalue weighted by Gasteiger charge is -2.39. The predicted molar refractivity (Wildman–Crippen MR) is 87.0 cm³/mol. The van der Waals surface area contributed by atoms with Crippen LogP contribution in [0.25, 0.3) is 0 Å². The molecule has 1 saturated carbocycles. The van der Waals surface area contributed by atoms with Gasteiger partial charge in [-0.1, -0.05) is 12.1 Å². The van der Waals surface area contributed by atoms with Crippen LogP contribution in [0.4, 0.5) is 0 Å². The maximum absolute atomic E-state index is 12.7. The van der Waals surface area contributed by atoms with Crippen molar-refractivity contribution in [1.82, 2.24) is 10.2 Å². The van der Waals surface area contributed by atoms with Crippen molar-refractivity contribution < 1.29 is 14.3 Å². The molecule has 1 N–H and O–H groups in total. The molecular formula is C18H24N2O3. The van der Waals surface area contributed by atoms with E-state index in [4.69, 9.17) is 4.74 Å². The topological polar surface area (TPSA) is 58.6 Å². The fraction of sp³-hybridized carbons (Fsp3) is 0.556. The maximum atomic E-state index is 12.7. The van der Waals surface area contributed by atoms with Crippen LogP contribution < -0.4 is 10.1 Å². The van der Waals surface area contributed by atoms with Gasteiger partial charge in [0.2, 0.25) is 11.8 Å². The zero-order chi connectivity index (χ0) is 16.4. The second-order valence-corrected chi connectivity index (χ2v) is 6.50. The Morgan fingerprint density at radius 2 is 1.91 bits per heavy atom. The van der Waals surface area contributed by atoms with E-state index in [9.17, 15) is 9.59 Å². The van der Waals surface area contributed by atoms with E-state index in [1.807, 2.05) is 24.3 Å². The van der Waals surface area contributed by atoms with E-state index in [0.29, 0.717) is 18.9 Å². The number of benzene rings is 1. The highest BCUT2D eigenvalue weighted by Gasteiger charge is 2.39. The Balaban J connectivity index is 1.82. The summed E-state index contributed by atoms with van der Waals surface area (Å²) in [4.78, 5) is 26.5. The molecule has 5 heteroatoms. The molecule has 1 aromatic carbocycles. The smallest absolute Gasteiger partial charge is 0.225 e. The summed E-state index contributed by atoms with van der Waals surface area (Å²) in [7, 11) is 3.42. The zero-order valence-electron chi connectivity index (χ0n) is 13.7. The van der Waals surface area contributed by atoms with Gasteiger partial charge < -0.3 is 15.0 Å². The summed E-state index contributed by atoms with van der Waals surface area (Å²) in [6.45, 7) is 0. The molecule has 0 unspecified atom stereocenters.